The summed E-state index contributed by atoms with van der Waals surface area (Å²) in [6.45, 7) is 2.53. The number of hydrogen-bond acceptors (Lipinski definition) is 3. The van der Waals surface area contributed by atoms with E-state index in [0.29, 0.717) is 23.2 Å². The van der Waals surface area contributed by atoms with Crippen molar-refractivity contribution in [2.45, 2.75) is 45.1 Å². The number of methoxy groups -OCH3 is 1. The Morgan fingerprint density at radius 2 is 1.92 bits per heavy atom. The topological polar surface area (TPSA) is 58.6 Å². The van der Waals surface area contributed by atoms with Crippen molar-refractivity contribution in [2.75, 3.05) is 19.0 Å². The van der Waals surface area contributed by atoms with Crippen molar-refractivity contribution in [3.63, 3.8) is 0 Å². The van der Waals surface area contributed by atoms with Crippen molar-refractivity contribution in [1.29, 1.82) is 0 Å². The average molecular weight is 353 g/mol. The van der Waals surface area contributed by atoms with E-state index in [2.05, 4.69) is 12.2 Å². The van der Waals surface area contributed by atoms with Crippen molar-refractivity contribution in [2.24, 2.45) is 5.92 Å². The van der Waals surface area contributed by atoms with Crippen LogP contribution < -0.4 is 5.32 Å². The fourth-order valence-electron chi connectivity index (χ4n) is 3.22. The Bertz CT molecular complexity index is 562. The minimum absolute atomic E-state index is 0.149. The Morgan fingerprint density at radius 3 is 2.54 bits per heavy atom. The van der Waals surface area contributed by atoms with E-state index in [1.54, 1.807) is 29.2 Å². The third-order valence-corrected chi connectivity index (χ3v) is 4.86. The summed E-state index contributed by atoms with van der Waals surface area (Å²) in [5.74, 6) is 0.120. The summed E-state index contributed by atoms with van der Waals surface area (Å²) in [5.41, 5.74) is 0.691. The van der Waals surface area contributed by atoms with Crippen molar-refractivity contribution in [3.05, 3.63) is 29.3 Å². The lowest BCUT2D eigenvalue weighted by atomic mass is 9.85. The number of carbonyl (C=O) groups excluding carboxylic acids is 2. The molecular formula is C18H25ClN2O3. The first-order valence-corrected chi connectivity index (χ1v) is 8.79. The summed E-state index contributed by atoms with van der Waals surface area (Å²) in [6, 6.07) is 6.97. The monoisotopic (exact) mass is 352 g/mol. The molecule has 2 amide bonds. The summed E-state index contributed by atoms with van der Waals surface area (Å²) < 4.78 is 4.71. The van der Waals surface area contributed by atoms with Gasteiger partial charge < -0.3 is 15.0 Å². The van der Waals surface area contributed by atoms with Crippen LogP contribution in [0.25, 0.3) is 0 Å². The number of hydrogen-bond donors (Lipinski definition) is 1. The van der Waals surface area contributed by atoms with Gasteiger partial charge in [-0.2, -0.15) is 0 Å². The molecule has 1 N–H and O–H groups in total. The number of urea groups is 1. The van der Waals surface area contributed by atoms with E-state index < -0.39 is 0 Å². The molecule has 2 atom stereocenters. The maximum Gasteiger partial charge on any atom is 0.322 e. The van der Waals surface area contributed by atoms with Crippen LogP contribution in [0.4, 0.5) is 10.5 Å². The number of amides is 2. The molecule has 1 aliphatic rings. The standard InChI is InChI=1S/C18H25ClN2O3/c1-13-5-3-4-6-16(13)21(12-11-17(22)24-2)18(23)20-15-9-7-14(19)8-10-15/h7-10,13,16H,3-6,11-12H2,1-2H3,(H,20,23). The predicted molar refractivity (Wildman–Crippen MR) is 95.2 cm³/mol. The van der Waals surface area contributed by atoms with Gasteiger partial charge in [0.05, 0.1) is 13.5 Å². The van der Waals surface area contributed by atoms with Gasteiger partial charge in [0, 0.05) is 23.3 Å². The van der Waals surface area contributed by atoms with Crippen LogP contribution in [0.1, 0.15) is 39.0 Å². The molecule has 2 rings (SSSR count). The minimum atomic E-state index is -0.303. The van der Waals surface area contributed by atoms with E-state index in [1.165, 1.54) is 13.5 Å². The second kappa shape index (κ2) is 8.92. The smallest absolute Gasteiger partial charge is 0.322 e. The van der Waals surface area contributed by atoms with Gasteiger partial charge in [-0.1, -0.05) is 31.4 Å². The molecule has 1 aromatic rings. The molecule has 0 saturated heterocycles. The molecule has 24 heavy (non-hydrogen) atoms. The Kier molecular flexibility index (Phi) is 6.91. The van der Waals surface area contributed by atoms with Crippen molar-refractivity contribution in [1.82, 2.24) is 4.90 Å². The highest BCUT2D eigenvalue weighted by atomic mass is 35.5. The van der Waals surface area contributed by atoms with Gasteiger partial charge in [-0.25, -0.2) is 4.79 Å². The zero-order valence-electron chi connectivity index (χ0n) is 14.3. The molecule has 0 bridgehead atoms. The third kappa shape index (κ3) is 5.13. The van der Waals surface area contributed by atoms with Gasteiger partial charge in [-0.3, -0.25) is 4.79 Å². The lowest BCUT2D eigenvalue weighted by Crippen LogP contribution is -2.48. The summed E-state index contributed by atoms with van der Waals surface area (Å²) >= 11 is 5.88. The Balaban J connectivity index is 2.08. The molecular weight excluding hydrogens is 328 g/mol. The summed E-state index contributed by atoms with van der Waals surface area (Å²) in [4.78, 5) is 26.1. The first-order valence-electron chi connectivity index (χ1n) is 8.41. The van der Waals surface area contributed by atoms with Crippen LogP contribution in [-0.4, -0.2) is 36.6 Å². The van der Waals surface area contributed by atoms with E-state index in [1.807, 2.05) is 0 Å². The molecule has 5 nitrogen and oxygen atoms in total. The molecule has 0 spiro atoms. The second-order valence-electron chi connectivity index (χ2n) is 6.29. The van der Waals surface area contributed by atoms with E-state index in [9.17, 15) is 9.59 Å². The molecule has 0 radical (unpaired) electrons. The van der Waals surface area contributed by atoms with Crippen LogP contribution in [0.3, 0.4) is 0 Å². The number of nitrogens with zero attached hydrogens (tertiary/aromatic N) is 1. The zero-order chi connectivity index (χ0) is 17.5. The maximum atomic E-state index is 12.8. The van der Waals surface area contributed by atoms with E-state index in [0.717, 1.165) is 19.3 Å². The van der Waals surface area contributed by atoms with Gasteiger partial charge in [0.1, 0.15) is 0 Å². The Labute approximate surface area is 148 Å². The number of carbonyl (C=O) groups is 2. The first-order chi connectivity index (χ1) is 11.5. The van der Waals surface area contributed by atoms with Gasteiger partial charge in [0.15, 0.2) is 0 Å². The van der Waals surface area contributed by atoms with Gasteiger partial charge in [0.2, 0.25) is 0 Å². The van der Waals surface area contributed by atoms with E-state index in [-0.39, 0.29) is 24.5 Å². The van der Waals surface area contributed by atoms with Crippen LogP contribution in [0.2, 0.25) is 5.02 Å². The third-order valence-electron chi connectivity index (χ3n) is 4.61. The van der Waals surface area contributed by atoms with E-state index >= 15 is 0 Å². The fourth-order valence-corrected chi connectivity index (χ4v) is 3.35. The maximum absolute atomic E-state index is 12.8. The predicted octanol–water partition coefficient (Wildman–Crippen LogP) is 4.32. The highest BCUT2D eigenvalue weighted by Gasteiger charge is 2.30. The molecule has 6 heteroatoms. The fraction of sp³-hybridized carbons (Fsp3) is 0.556. The lowest BCUT2D eigenvalue weighted by molar-refractivity contribution is -0.140. The Hall–Kier alpha value is -1.75. The number of halogens is 1. The van der Waals surface area contributed by atoms with Crippen LogP contribution in [-0.2, 0) is 9.53 Å². The highest BCUT2D eigenvalue weighted by Crippen LogP contribution is 2.29. The van der Waals surface area contributed by atoms with Crippen LogP contribution >= 0.6 is 11.6 Å². The van der Waals surface area contributed by atoms with Gasteiger partial charge >= 0.3 is 12.0 Å². The van der Waals surface area contributed by atoms with Gasteiger partial charge in [-0.15, -0.1) is 0 Å². The average Bonchev–Trinajstić information content (AvgIpc) is 2.58. The molecule has 1 saturated carbocycles. The molecule has 0 aliphatic heterocycles. The lowest BCUT2D eigenvalue weighted by Gasteiger charge is -2.38. The largest absolute Gasteiger partial charge is 0.469 e. The molecule has 0 heterocycles. The van der Waals surface area contributed by atoms with E-state index in [4.69, 9.17) is 16.3 Å². The minimum Gasteiger partial charge on any atom is -0.469 e. The van der Waals surface area contributed by atoms with Crippen molar-refractivity contribution < 1.29 is 14.3 Å². The Morgan fingerprint density at radius 1 is 1.25 bits per heavy atom. The first kappa shape index (κ1) is 18.6. The normalized spacial score (nSPS) is 20.3. The highest BCUT2D eigenvalue weighted by molar-refractivity contribution is 6.30. The number of benzene rings is 1. The molecule has 2 unspecified atom stereocenters. The van der Waals surface area contributed by atoms with Gasteiger partial charge in [-0.05, 0) is 43.0 Å². The zero-order valence-corrected chi connectivity index (χ0v) is 15.0. The molecule has 132 valence electrons. The van der Waals surface area contributed by atoms with Gasteiger partial charge in [0.25, 0.3) is 0 Å². The van der Waals surface area contributed by atoms with Crippen molar-refractivity contribution in [3.8, 4) is 0 Å². The van der Waals surface area contributed by atoms with Crippen LogP contribution in [0.15, 0.2) is 24.3 Å². The number of rotatable bonds is 5. The molecule has 0 aromatic heterocycles. The molecule has 1 aliphatic carbocycles. The molecule has 1 fully saturated rings. The van der Waals surface area contributed by atoms with Crippen LogP contribution in [0, 0.1) is 5.92 Å². The SMILES string of the molecule is COC(=O)CCN(C(=O)Nc1ccc(Cl)cc1)C1CCCCC1C. The quantitative estimate of drug-likeness (QED) is 0.803. The number of ether oxygens (including phenoxy) is 1. The molecule has 1 aromatic carbocycles. The van der Waals surface area contributed by atoms with Crippen LogP contribution in [0.5, 0.6) is 0 Å². The summed E-state index contributed by atoms with van der Waals surface area (Å²) in [7, 11) is 1.36. The number of nitrogens with one attached hydrogen (secondary N) is 1. The van der Waals surface area contributed by atoms with Crippen molar-refractivity contribution >= 4 is 29.3 Å². The summed E-state index contributed by atoms with van der Waals surface area (Å²) in [5, 5.41) is 3.53. The number of esters is 1. The summed E-state index contributed by atoms with van der Waals surface area (Å²) in [6.07, 6.45) is 4.58. The second-order valence-corrected chi connectivity index (χ2v) is 6.72. The number of anilines is 1.